The summed E-state index contributed by atoms with van der Waals surface area (Å²) in [6.07, 6.45) is 3.15. The smallest absolute Gasteiger partial charge is 0.226 e. The molecule has 2 heterocycles. The van der Waals surface area contributed by atoms with Gasteiger partial charge in [-0.3, -0.25) is 9.48 Å². The van der Waals surface area contributed by atoms with E-state index in [4.69, 9.17) is 4.74 Å². The van der Waals surface area contributed by atoms with Crippen LogP contribution in [0.15, 0.2) is 60.8 Å². The summed E-state index contributed by atoms with van der Waals surface area (Å²) in [5.41, 5.74) is 3.43. The Morgan fingerprint density at radius 2 is 1.92 bits per heavy atom. The largest absolute Gasteiger partial charge is 0.493 e. The van der Waals surface area contributed by atoms with Gasteiger partial charge in [0, 0.05) is 31.4 Å². The van der Waals surface area contributed by atoms with Gasteiger partial charge in [0.1, 0.15) is 11.6 Å². The van der Waals surface area contributed by atoms with Crippen molar-refractivity contribution in [2.24, 2.45) is 7.05 Å². The molecule has 2 aromatic carbocycles. The fourth-order valence-corrected chi connectivity index (χ4v) is 3.37. The van der Waals surface area contributed by atoms with Crippen molar-refractivity contribution in [3.05, 3.63) is 77.5 Å². The van der Waals surface area contributed by atoms with Crippen LogP contribution in [0.2, 0.25) is 0 Å². The van der Waals surface area contributed by atoms with Gasteiger partial charge < -0.3 is 10.1 Å². The molecule has 1 unspecified atom stereocenters. The van der Waals surface area contributed by atoms with Crippen molar-refractivity contribution in [3.63, 3.8) is 0 Å². The summed E-state index contributed by atoms with van der Waals surface area (Å²) in [5.74, 6) is 1.69. The Hall–Kier alpha value is -3.08. The van der Waals surface area contributed by atoms with Gasteiger partial charge in [0.15, 0.2) is 0 Å². The summed E-state index contributed by atoms with van der Waals surface area (Å²) in [4.78, 5) is 12.0. The number of carbonyl (C=O) groups excluding carboxylic acids is 1. The number of aromatic nitrogens is 2. The van der Waals surface area contributed by atoms with Gasteiger partial charge >= 0.3 is 0 Å². The third-order valence-corrected chi connectivity index (χ3v) is 4.77. The Balaban J connectivity index is 1.44. The molecule has 1 amide bonds. The number of fused-ring (bicyclic) bond motifs is 1. The monoisotopic (exact) mass is 347 g/mol. The maximum absolute atomic E-state index is 12.0. The minimum absolute atomic E-state index is 0.0225. The molecule has 0 aliphatic carbocycles. The number of ether oxygens (including phenoxy) is 1. The van der Waals surface area contributed by atoms with Crippen LogP contribution in [0, 0.1) is 0 Å². The van der Waals surface area contributed by atoms with E-state index in [1.165, 1.54) is 5.56 Å². The van der Waals surface area contributed by atoms with Crippen molar-refractivity contribution >= 4 is 11.7 Å². The van der Waals surface area contributed by atoms with Crippen molar-refractivity contribution in [1.29, 1.82) is 0 Å². The molecular formula is C21H21N3O2. The van der Waals surface area contributed by atoms with E-state index in [0.29, 0.717) is 13.0 Å². The summed E-state index contributed by atoms with van der Waals surface area (Å²) in [5, 5.41) is 7.17. The molecule has 3 aromatic rings. The predicted molar refractivity (Wildman–Crippen MR) is 100 cm³/mol. The molecule has 1 aliphatic rings. The summed E-state index contributed by atoms with van der Waals surface area (Å²) in [7, 11) is 1.84. The Morgan fingerprint density at radius 3 is 2.69 bits per heavy atom. The number of nitrogens with one attached hydrogen (secondary N) is 1. The lowest BCUT2D eigenvalue weighted by Crippen LogP contribution is -2.24. The van der Waals surface area contributed by atoms with Gasteiger partial charge in [0.2, 0.25) is 5.91 Å². The second-order valence-corrected chi connectivity index (χ2v) is 6.53. The van der Waals surface area contributed by atoms with Crippen LogP contribution >= 0.6 is 0 Å². The first-order valence-corrected chi connectivity index (χ1v) is 8.79. The molecule has 1 aromatic heterocycles. The number of hydrogen-bond donors (Lipinski definition) is 1. The Bertz CT molecular complexity index is 901. The molecule has 132 valence electrons. The van der Waals surface area contributed by atoms with Crippen molar-refractivity contribution in [3.8, 4) is 5.75 Å². The van der Waals surface area contributed by atoms with Crippen molar-refractivity contribution < 1.29 is 9.53 Å². The van der Waals surface area contributed by atoms with E-state index in [1.54, 1.807) is 4.68 Å². The second kappa shape index (κ2) is 7.04. The molecule has 4 rings (SSSR count). The fourth-order valence-electron chi connectivity index (χ4n) is 3.37. The molecule has 1 N–H and O–H groups in total. The first-order valence-electron chi connectivity index (χ1n) is 8.79. The average Bonchev–Trinajstić information content (AvgIpc) is 3.03. The Labute approximate surface area is 152 Å². The van der Waals surface area contributed by atoms with Crippen LogP contribution in [0.25, 0.3) is 0 Å². The first kappa shape index (κ1) is 16.4. The van der Waals surface area contributed by atoms with Crippen LogP contribution in [-0.2, 0) is 18.3 Å². The number of rotatable bonds is 5. The molecule has 1 aliphatic heterocycles. The summed E-state index contributed by atoms with van der Waals surface area (Å²) >= 11 is 0. The van der Waals surface area contributed by atoms with Crippen LogP contribution in [-0.4, -0.2) is 22.3 Å². The van der Waals surface area contributed by atoms with Crippen LogP contribution in [0.1, 0.15) is 29.0 Å². The van der Waals surface area contributed by atoms with Gasteiger partial charge in [0.25, 0.3) is 0 Å². The lowest BCUT2D eigenvalue weighted by Gasteiger charge is -2.23. The normalized spacial score (nSPS) is 16.0. The molecule has 5 nitrogen and oxygen atoms in total. The Kier molecular flexibility index (Phi) is 4.44. The SMILES string of the molecule is Cn1ncc2c1NC(=O)CC2c1ccc(OCCc2ccccc2)cc1. The van der Waals surface area contributed by atoms with E-state index in [0.717, 1.165) is 29.1 Å². The lowest BCUT2D eigenvalue weighted by molar-refractivity contribution is -0.116. The maximum Gasteiger partial charge on any atom is 0.226 e. The first-order chi connectivity index (χ1) is 12.7. The quantitative estimate of drug-likeness (QED) is 0.768. The molecule has 26 heavy (non-hydrogen) atoms. The molecule has 0 saturated heterocycles. The van der Waals surface area contributed by atoms with E-state index < -0.39 is 0 Å². The maximum atomic E-state index is 12.0. The zero-order valence-electron chi connectivity index (χ0n) is 14.7. The zero-order valence-corrected chi connectivity index (χ0v) is 14.7. The number of anilines is 1. The highest BCUT2D eigenvalue weighted by Crippen LogP contribution is 2.37. The van der Waals surface area contributed by atoms with E-state index in [2.05, 4.69) is 22.5 Å². The van der Waals surface area contributed by atoms with Gasteiger partial charge in [0.05, 0.1) is 12.8 Å². The topological polar surface area (TPSA) is 56.2 Å². The number of hydrogen-bond acceptors (Lipinski definition) is 3. The third kappa shape index (κ3) is 3.33. The van der Waals surface area contributed by atoms with E-state index >= 15 is 0 Å². The molecule has 1 atom stereocenters. The van der Waals surface area contributed by atoms with E-state index in [1.807, 2.05) is 55.7 Å². The Morgan fingerprint density at radius 1 is 1.15 bits per heavy atom. The number of nitrogens with zero attached hydrogens (tertiary/aromatic N) is 2. The van der Waals surface area contributed by atoms with Crippen molar-refractivity contribution in [1.82, 2.24) is 9.78 Å². The highest BCUT2D eigenvalue weighted by atomic mass is 16.5. The highest BCUT2D eigenvalue weighted by Gasteiger charge is 2.29. The van der Waals surface area contributed by atoms with Crippen LogP contribution in [0.4, 0.5) is 5.82 Å². The van der Waals surface area contributed by atoms with Gasteiger partial charge in [-0.25, -0.2) is 0 Å². The summed E-state index contributed by atoms with van der Waals surface area (Å²) in [6, 6.07) is 18.3. The molecule has 5 heteroatoms. The second-order valence-electron chi connectivity index (χ2n) is 6.53. The van der Waals surface area contributed by atoms with Crippen molar-refractivity contribution in [2.75, 3.05) is 11.9 Å². The van der Waals surface area contributed by atoms with Gasteiger partial charge in [-0.05, 0) is 23.3 Å². The van der Waals surface area contributed by atoms with Crippen molar-refractivity contribution in [2.45, 2.75) is 18.8 Å². The minimum atomic E-state index is 0.0225. The highest BCUT2D eigenvalue weighted by molar-refractivity contribution is 5.94. The molecule has 0 spiro atoms. The lowest BCUT2D eigenvalue weighted by atomic mass is 9.87. The van der Waals surface area contributed by atoms with Crippen LogP contribution in [0.3, 0.4) is 0 Å². The van der Waals surface area contributed by atoms with Gasteiger partial charge in [-0.2, -0.15) is 5.10 Å². The minimum Gasteiger partial charge on any atom is -0.493 e. The fraction of sp³-hybridized carbons (Fsp3) is 0.238. The van der Waals surface area contributed by atoms with Crippen LogP contribution in [0.5, 0.6) is 5.75 Å². The molecular weight excluding hydrogens is 326 g/mol. The van der Waals surface area contributed by atoms with Gasteiger partial charge in [-0.15, -0.1) is 0 Å². The molecule has 0 saturated carbocycles. The molecule has 0 fully saturated rings. The number of benzene rings is 2. The van der Waals surface area contributed by atoms with E-state index in [9.17, 15) is 4.79 Å². The number of amides is 1. The molecule has 0 bridgehead atoms. The number of aryl methyl sites for hydroxylation is 1. The summed E-state index contributed by atoms with van der Waals surface area (Å²) < 4.78 is 7.56. The predicted octanol–water partition coefficient (Wildman–Crippen LogP) is 3.52. The number of carbonyl (C=O) groups is 1. The zero-order chi connectivity index (χ0) is 17.9. The molecule has 0 radical (unpaired) electrons. The summed E-state index contributed by atoms with van der Waals surface area (Å²) in [6.45, 7) is 0.641. The standard InChI is InChI=1S/C21H21N3O2/c1-24-21-19(14-22-24)18(13-20(25)23-21)16-7-9-17(10-8-16)26-12-11-15-5-3-2-4-6-15/h2-10,14,18H,11-13H2,1H3,(H,23,25). The van der Waals surface area contributed by atoms with E-state index in [-0.39, 0.29) is 11.8 Å². The van der Waals surface area contributed by atoms with Crippen LogP contribution < -0.4 is 10.1 Å². The van der Waals surface area contributed by atoms with Gasteiger partial charge in [-0.1, -0.05) is 42.5 Å². The third-order valence-electron chi connectivity index (χ3n) is 4.77. The average molecular weight is 347 g/mol.